The van der Waals surface area contributed by atoms with Gasteiger partial charge in [0.25, 0.3) is 0 Å². The Morgan fingerprint density at radius 3 is 2.73 bits per heavy atom. The summed E-state index contributed by atoms with van der Waals surface area (Å²) in [5.74, 6) is -1.62. The van der Waals surface area contributed by atoms with E-state index < -0.39 is 11.6 Å². The monoisotopic (exact) mass is 347 g/mol. The number of benzene rings is 2. The first-order valence-electron chi connectivity index (χ1n) is 8.20. The average Bonchev–Trinajstić information content (AvgIpc) is 3.07. The van der Waals surface area contributed by atoms with Crippen molar-refractivity contribution in [3.63, 3.8) is 0 Å². The Morgan fingerprint density at radius 1 is 0.962 bits per heavy atom. The fourth-order valence-electron chi connectivity index (χ4n) is 2.86. The lowest BCUT2D eigenvalue weighted by molar-refractivity contribution is 0.501. The number of aromatic nitrogens is 3. The standard InChI is InChI=1S/C21H15F2N3/c22-18-6-3-4-15(21(18)23)12-14-7-9-19-17(13-14)20(26-25-19)10-8-16-5-1-2-11-24-16/h1-11,13H,12H2,(H,25,26)/b10-8+. The Labute approximate surface area is 149 Å². The molecule has 0 aliphatic rings. The van der Waals surface area contributed by atoms with E-state index in [2.05, 4.69) is 15.2 Å². The molecule has 1 N–H and O–H groups in total. The molecule has 0 aliphatic carbocycles. The summed E-state index contributed by atoms with van der Waals surface area (Å²) in [6, 6.07) is 15.6. The van der Waals surface area contributed by atoms with Crippen molar-refractivity contribution in [2.24, 2.45) is 0 Å². The van der Waals surface area contributed by atoms with Gasteiger partial charge in [-0.05, 0) is 53.6 Å². The summed E-state index contributed by atoms with van der Waals surface area (Å²) in [4.78, 5) is 4.25. The van der Waals surface area contributed by atoms with Crippen molar-refractivity contribution in [1.29, 1.82) is 0 Å². The van der Waals surface area contributed by atoms with Crippen LogP contribution in [0, 0.1) is 11.6 Å². The molecule has 2 aromatic carbocycles. The van der Waals surface area contributed by atoms with E-state index in [1.807, 2.05) is 48.6 Å². The predicted octanol–water partition coefficient (Wildman–Crippen LogP) is 5.00. The number of rotatable bonds is 4. The van der Waals surface area contributed by atoms with Crippen LogP contribution in [0.15, 0.2) is 60.8 Å². The van der Waals surface area contributed by atoms with Crippen LogP contribution in [0.2, 0.25) is 0 Å². The molecule has 0 amide bonds. The van der Waals surface area contributed by atoms with Crippen LogP contribution in [0.3, 0.4) is 0 Å². The molecule has 0 unspecified atom stereocenters. The van der Waals surface area contributed by atoms with Crippen LogP contribution in [-0.2, 0) is 6.42 Å². The third-order valence-corrected chi connectivity index (χ3v) is 4.18. The number of nitrogens with one attached hydrogen (secondary N) is 1. The van der Waals surface area contributed by atoms with Gasteiger partial charge in [-0.2, -0.15) is 5.10 Å². The fourth-order valence-corrected chi connectivity index (χ4v) is 2.86. The van der Waals surface area contributed by atoms with E-state index in [9.17, 15) is 8.78 Å². The van der Waals surface area contributed by atoms with E-state index in [0.717, 1.165) is 33.9 Å². The molecule has 0 radical (unpaired) electrons. The summed E-state index contributed by atoms with van der Waals surface area (Å²) in [6.07, 6.45) is 5.85. The number of hydrogen-bond acceptors (Lipinski definition) is 2. The Balaban J connectivity index is 1.66. The van der Waals surface area contributed by atoms with E-state index in [-0.39, 0.29) is 0 Å². The maximum absolute atomic E-state index is 13.9. The summed E-state index contributed by atoms with van der Waals surface area (Å²) in [6.45, 7) is 0. The van der Waals surface area contributed by atoms with Crippen molar-refractivity contribution in [3.05, 3.63) is 94.9 Å². The minimum Gasteiger partial charge on any atom is -0.277 e. The molecule has 0 atom stereocenters. The van der Waals surface area contributed by atoms with Crippen LogP contribution in [0.1, 0.15) is 22.5 Å². The Kier molecular flexibility index (Phi) is 4.27. The summed E-state index contributed by atoms with van der Waals surface area (Å²) < 4.78 is 27.3. The Bertz CT molecular complexity index is 1090. The third-order valence-electron chi connectivity index (χ3n) is 4.18. The van der Waals surface area contributed by atoms with Gasteiger partial charge >= 0.3 is 0 Å². The van der Waals surface area contributed by atoms with Gasteiger partial charge in [-0.25, -0.2) is 8.78 Å². The van der Waals surface area contributed by atoms with Gasteiger partial charge in [0.05, 0.1) is 16.9 Å². The number of H-pyrrole nitrogens is 1. The van der Waals surface area contributed by atoms with Crippen molar-refractivity contribution in [2.45, 2.75) is 6.42 Å². The highest BCUT2D eigenvalue weighted by Gasteiger charge is 2.10. The van der Waals surface area contributed by atoms with Gasteiger partial charge in [0.15, 0.2) is 11.6 Å². The van der Waals surface area contributed by atoms with Gasteiger partial charge in [-0.15, -0.1) is 0 Å². The highest BCUT2D eigenvalue weighted by molar-refractivity contribution is 5.89. The van der Waals surface area contributed by atoms with Crippen LogP contribution in [0.25, 0.3) is 23.1 Å². The Morgan fingerprint density at radius 2 is 1.88 bits per heavy atom. The normalized spacial score (nSPS) is 11.5. The first-order chi connectivity index (χ1) is 12.7. The predicted molar refractivity (Wildman–Crippen MR) is 98.4 cm³/mol. The van der Waals surface area contributed by atoms with E-state index in [1.165, 1.54) is 6.07 Å². The minimum atomic E-state index is -0.828. The molecule has 128 valence electrons. The summed E-state index contributed by atoms with van der Waals surface area (Å²) in [7, 11) is 0. The van der Waals surface area contributed by atoms with Crippen molar-refractivity contribution < 1.29 is 8.78 Å². The van der Waals surface area contributed by atoms with Gasteiger partial charge in [-0.1, -0.05) is 24.3 Å². The van der Waals surface area contributed by atoms with E-state index in [4.69, 9.17) is 0 Å². The molecule has 2 heterocycles. The van der Waals surface area contributed by atoms with Crippen LogP contribution in [0.5, 0.6) is 0 Å². The summed E-state index contributed by atoms with van der Waals surface area (Å²) in [5.41, 5.74) is 3.71. The number of pyridine rings is 1. The molecular formula is C21H15F2N3. The maximum Gasteiger partial charge on any atom is 0.162 e. The van der Waals surface area contributed by atoms with Crippen molar-refractivity contribution in [1.82, 2.24) is 15.2 Å². The van der Waals surface area contributed by atoms with Crippen LogP contribution >= 0.6 is 0 Å². The topological polar surface area (TPSA) is 41.6 Å². The van der Waals surface area contributed by atoms with Crippen LogP contribution < -0.4 is 0 Å². The molecule has 2 aromatic heterocycles. The molecule has 4 rings (SSSR count). The average molecular weight is 347 g/mol. The zero-order chi connectivity index (χ0) is 17.9. The maximum atomic E-state index is 13.9. The lowest BCUT2D eigenvalue weighted by atomic mass is 10.0. The molecule has 0 saturated carbocycles. The van der Waals surface area contributed by atoms with Gasteiger partial charge < -0.3 is 0 Å². The largest absolute Gasteiger partial charge is 0.277 e. The van der Waals surface area contributed by atoms with Crippen molar-refractivity contribution >= 4 is 23.1 Å². The van der Waals surface area contributed by atoms with E-state index in [1.54, 1.807) is 12.3 Å². The minimum absolute atomic E-state index is 0.314. The molecule has 26 heavy (non-hydrogen) atoms. The number of halogens is 2. The smallest absolute Gasteiger partial charge is 0.162 e. The van der Waals surface area contributed by atoms with Crippen LogP contribution in [-0.4, -0.2) is 15.2 Å². The van der Waals surface area contributed by atoms with Gasteiger partial charge in [-0.3, -0.25) is 10.1 Å². The van der Waals surface area contributed by atoms with Crippen LogP contribution in [0.4, 0.5) is 8.78 Å². The molecule has 5 heteroatoms. The first kappa shape index (κ1) is 16.1. The van der Waals surface area contributed by atoms with Gasteiger partial charge in [0, 0.05) is 18.0 Å². The third kappa shape index (κ3) is 3.24. The van der Waals surface area contributed by atoms with E-state index in [0.29, 0.717) is 12.0 Å². The second-order valence-electron chi connectivity index (χ2n) is 5.97. The molecule has 0 fully saturated rings. The first-order valence-corrected chi connectivity index (χ1v) is 8.20. The summed E-state index contributed by atoms with van der Waals surface area (Å²) >= 11 is 0. The summed E-state index contributed by atoms with van der Waals surface area (Å²) in [5, 5.41) is 8.20. The number of hydrogen-bond donors (Lipinski definition) is 1. The Hall–Kier alpha value is -3.34. The molecular weight excluding hydrogens is 332 g/mol. The molecule has 0 spiro atoms. The van der Waals surface area contributed by atoms with E-state index >= 15 is 0 Å². The second kappa shape index (κ2) is 6.88. The molecule has 3 nitrogen and oxygen atoms in total. The highest BCUT2D eigenvalue weighted by Crippen LogP contribution is 2.22. The lowest BCUT2D eigenvalue weighted by Crippen LogP contribution is -1.95. The van der Waals surface area contributed by atoms with Crippen molar-refractivity contribution in [3.8, 4) is 0 Å². The molecule has 0 bridgehead atoms. The number of nitrogens with zero attached hydrogens (tertiary/aromatic N) is 2. The lowest BCUT2D eigenvalue weighted by Gasteiger charge is -2.04. The van der Waals surface area contributed by atoms with Gasteiger partial charge in [0.2, 0.25) is 0 Å². The zero-order valence-corrected chi connectivity index (χ0v) is 13.8. The molecule has 4 aromatic rings. The van der Waals surface area contributed by atoms with Crippen molar-refractivity contribution in [2.75, 3.05) is 0 Å². The van der Waals surface area contributed by atoms with Gasteiger partial charge in [0.1, 0.15) is 0 Å². The SMILES string of the molecule is Fc1cccc(Cc2ccc3n[nH]c(/C=C/c4ccccn4)c3c2)c1F. The zero-order valence-electron chi connectivity index (χ0n) is 13.8. The fraction of sp³-hybridized carbons (Fsp3) is 0.0476. The number of fused-ring (bicyclic) bond motifs is 1. The second-order valence-corrected chi connectivity index (χ2v) is 5.97. The number of aromatic amines is 1. The highest BCUT2D eigenvalue weighted by atomic mass is 19.2. The molecule has 0 saturated heterocycles. The quantitative estimate of drug-likeness (QED) is 0.565. The molecule has 0 aliphatic heterocycles.